The first-order valence-corrected chi connectivity index (χ1v) is 9.25. The molecule has 0 aliphatic carbocycles. The Morgan fingerprint density at radius 3 is 2.62 bits per heavy atom. The third-order valence-electron chi connectivity index (χ3n) is 3.30. The standard InChI is InChI=1S/C12H18ClN3O3S2/c1-9(14)12(17)15-5-2-6-16(8-7-15)21(18,19)11-4-3-10(13)20-11/h3-4,9H,2,5-8,14H2,1H3/t9-/m0/s1. The molecule has 0 spiro atoms. The van der Waals surface area contributed by atoms with Gasteiger partial charge in [0.25, 0.3) is 10.0 Å². The van der Waals surface area contributed by atoms with Crippen molar-refractivity contribution in [3.05, 3.63) is 16.5 Å². The Hall–Kier alpha value is -0.670. The smallest absolute Gasteiger partial charge is 0.252 e. The molecule has 6 nitrogen and oxygen atoms in total. The number of carbonyl (C=O) groups excluding carboxylic acids is 1. The topological polar surface area (TPSA) is 83.7 Å². The molecule has 1 fully saturated rings. The van der Waals surface area contributed by atoms with E-state index in [0.717, 1.165) is 11.3 Å². The summed E-state index contributed by atoms with van der Waals surface area (Å²) in [6.07, 6.45) is 0.594. The van der Waals surface area contributed by atoms with Gasteiger partial charge in [-0.1, -0.05) is 11.6 Å². The fourth-order valence-electron chi connectivity index (χ4n) is 2.21. The van der Waals surface area contributed by atoms with Gasteiger partial charge in [-0.2, -0.15) is 4.31 Å². The Bertz CT molecular complexity index is 615. The van der Waals surface area contributed by atoms with E-state index < -0.39 is 16.1 Å². The van der Waals surface area contributed by atoms with Crippen LogP contribution in [0, 0.1) is 0 Å². The number of hydrogen-bond donors (Lipinski definition) is 1. The number of sulfonamides is 1. The summed E-state index contributed by atoms with van der Waals surface area (Å²) < 4.78 is 27.1. The average Bonchev–Trinajstić information content (AvgIpc) is 2.72. The summed E-state index contributed by atoms with van der Waals surface area (Å²) in [5.41, 5.74) is 5.60. The van der Waals surface area contributed by atoms with Gasteiger partial charge in [-0.3, -0.25) is 4.79 Å². The van der Waals surface area contributed by atoms with Crippen molar-refractivity contribution < 1.29 is 13.2 Å². The van der Waals surface area contributed by atoms with Crippen molar-refractivity contribution in [3.63, 3.8) is 0 Å². The normalized spacial score (nSPS) is 19.3. The minimum absolute atomic E-state index is 0.145. The van der Waals surface area contributed by atoms with Crippen molar-refractivity contribution in [2.45, 2.75) is 23.6 Å². The highest BCUT2D eigenvalue weighted by atomic mass is 35.5. The molecular formula is C12H18ClN3O3S2. The molecule has 1 aromatic rings. The van der Waals surface area contributed by atoms with Gasteiger partial charge in [0, 0.05) is 26.2 Å². The van der Waals surface area contributed by atoms with Crippen LogP contribution in [-0.2, 0) is 14.8 Å². The van der Waals surface area contributed by atoms with E-state index in [1.165, 1.54) is 10.4 Å². The Morgan fingerprint density at radius 1 is 1.33 bits per heavy atom. The molecule has 0 unspecified atom stereocenters. The van der Waals surface area contributed by atoms with Gasteiger partial charge >= 0.3 is 0 Å². The molecule has 1 aliphatic rings. The Kier molecular flexibility index (Phi) is 5.26. The van der Waals surface area contributed by atoms with Crippen LogP contribution >= 0.6 is 22.9 Å². The molecule has 21 heavy (non-hydrogen) atoms. The number of nitrogens with zero attached hydrogens (tertiary/aromatic N) is 2. The van der Waals surface area contributed by atoms with Crippen molar-refractivity contribution in [3.8, 4) is 0 Å². The third-order valence-corrected chi connectivity index (χ3v) is 6.90. The SMILES string of the molecule is C[C@H](N)C(=O)N1CCCN(S(=O)(=O)c2ccc(Cl)s2)CC1. The first-order valence-electron chi connectivity index (χ1n) is 6.62. The fraction of sp³-hybridized carbons (Fsp3) is 0.583. The second-order valence-electron chi connectivity index (χ2n) is 4.93. The monoisotopic (exact) mass is 351 g/mol. The highest BCUT2D eigenvalue weighted by Gasteiger charge is 2.29. The van der Waals surface area contributed by atoms with E-state index >= 15 is 0 Å². The second-order valence-corrected chi connectivity index (χ2v) is 8.81. The summed E-state index contributed by atoms with van der Waals surface area (Å²) in [4.78, 5) is 13.5. The molecule has 9 heteroatoms. The number of carbonyl (C=O) groups is 1. The largest absolute Gasteiger partial charge is 0.340 e. The highest BCUT2D eigenvalue weighted by molar-refractivity contribution is 7.91. The first-order chi connectivity index (χ1) is 9.82. The van der Waals surface area contributed by atoms with Gasteiger partial charge in [-0.15, -0.1) is 11.3 Å². The van der Waals surface area contributed by atoms with Crippen molar-refractivity contribution in [2.24, 2.45) is 5.73 Å². The lowest BCUT2D eigenvalue weighted by molar-refractivity contribution is -0.132. The molecular weight excluding hydrogens is 334 g/mol. The second kappa shape index (κ2) is 6.62. The number of amides is 1. The van der Waals surface area contributed by atoms with E-state index in [9.17, 15) is 13.2 Å². The molecule has 1 saturated heterocycles. The molecule has 0 radical (unpaired) electrons. The van der Waals surface area contributed by atoms with Gasteiger partial charge in [-0.25, -0.2) is 8.42 Å². The molecule has 2 N–H and O–H groups in total. The van der Waals surface area contributed by atoms with Crippen LogP contribution in [0.25, 0.3) is 0 Å². The lowest BCUT2D eigenvalue weighted by Gasteiger charge is -2.23. The summed E-state index contributed by atoms with van der Waals surface area (Å²) in [5.74, 6) is -0.145. The zero-order valence-electron chi connectivity index (χ0n) is 11.7. The van der Waals surface area contributed by atoms with E-state index in [1.54, 1.807) is 17.9 Å². The zero-order chi connectivity index (χ0) is 15.6. The molecule has 1 amide bonds. The summed E-state index contributed by atoms with van der Waals surface area (Å²) in [6.45, 7) is 3.18. The van der Waals surface area contributed by atoms with Crippen molar-refractivity contribution >= 4 is 38.9 Å². The molecule has 1 aromatic heterocycles. The van der Waals surface area contributed by atoms with Crippen LogP contribution in [0.15, 0.2) is 16.3 Å². The van der Waals surface area contributed by atoms with Gasteiger partial charge in [-0.05, 0) is 25.5 Å². The number of rotatable bonds is 3. The summed E-state index contributed by atoms with van der Waals surface area (Å²) in [5, 5.41) is 0. The quantitative estimate of drug-likeness (QED) is 0.879. The summed E-state index contributed by atoms with van der Waals surface area (Å²) in [6, 6.07) is 2.52. The summed E-state index contributed by atoms with van der Waals surface area (Å²) in [7, 11) is -3.54. The number of hydrogen-bond acceptors (Lipinski definition) is 5. The maximum atomic E-state index is 12.5. The van der Waals surface area contributed by atoms with Gasteiger partial charge in [0.1, 0.15) is 4.21 Å². The first kappa shape index (κ1) is 16.7. The minimum atomic E-state index is -3.54. The van der Waals surface area contributed by atoms with Crippen LogP contribution < -0.4 is 5.73 Å². The highest BCUT2D eigenvalue weighted by Crippen LogP contribution is 2.28. The van der Waals surface area contributed by atoms with Crippen LogP contribution in [-0.4, -0.2) is 55.8 Å². The van der Waals surface area contributed by atoms with Gasteiger partial charge < -0.3 is 10.6 Å². The van der Waals surface area contributed by atoms with Gasteiger partial charge in [0.15, 0.2) is 0 Å². The Morgan fingerprint density at radius 2 is 2.05 bits per heavy atom. The predicted octanol–water partition coefficient (Wildman–Crippen LogP) is 0.972. The molecule has 0 bridgehead atoms. The third kappa shape index (κ3) is 3.75. The number of halogens is 1. The number of thiophene rings is 1. The van der Waals surface area contributed by atoms with Crippen molar-refractivity contribution in [1.82, 2.24) is 9.21 Å². The maximum Gasteiger partial charge on any atom is 0.252 e. The Balaban J connectivity index is 2.11. The molecule has 2 heterocycles. The van der Waals surface area contributed by atoms with Crippen LogP contribution in [0.5, 0.6) is 0 Å². The van der Waals surface area contributed by atoms with Crippen molar-refractivity contribution in [2.75, 3.05) is 26.2 Å². The fourth-order valence-corrected chi connectivity index (χ4v) is 5.31. The molecule has 0 saturated carbocycles. The van der Waals surface area contributed by atoms with E-state index in [0.29, 0.717) is 30.4 Å². The van der Waals surface area contributed by atoms with Crippen LogP contribution in [0.4, 0.5) is 0 Å². The molecule has 2 rings (SSSR count). The van der Waals surface area contributed by atoms with Crippen LogP contribution in [0.3, 0.4) is 0 Å². The molecule has 0 aromatic carbocycles. The van der Waals surface area contributed by atoms with Gasteiger partial charge in [0.2, 0.25) is 5.91 Å². The molecule has 1 aliphatic heterocycles. The average molecular weight is 352 g/mol. The van der Waals surface area contributed by atoms with E-state index in [4.69, 9.17) is 17.3 Å². The van der Waals surface area contributed by atoms with Crippen LogP contribution in [0.1, 0.15) is 13.3 Å². The number of nitrogens with two attached hydrogens (primary N) is 1. The lowest BCUT2D eigenvalue weighted by Crippen LogP contribution is -2.44. The van der Waals surface area contributed by atoms with Gasteiger partial charge in [0.05, 0.1) is 10.4 Å². The zero-order valence-corrected chi connectivity index (χ0v) is 14.0. The molecule has 1 atom stereocenters. The van der Waals surface area contributed by atoms with Crippen molar-refractivity contribution in [1.29, 1.82) is 0 Å². The van der Waals surface area contributed by atoms with E-state index in [-0.39, 0.29) is 16.7 Å². The van der Waals surface area contributed by atoms with Crippen LogP contribution in [0.2, 0.25) is 4.34 Å². The summed E-state index contributed by atoms with van der Waals surface area (Å²) >= 11 is 6.85. The maximum absolute atomic E-state index is 12.5. The predicted molar refractivity (Wildman–Crippen MR) is 82.9 cm³/mol. The minimum Gasteiger partial charge on any atom is -0.340 e. The molecule has 118 valence electrons. The van der Waals surface area contributed by atoms with E-state index in [1.807, 2.05) is 0 Å². The lowest BCUT2D eigenvalue weighted by atomic mass is 10.3. The van der Waals surface area contributed by atoms with E-state index in [2.05, 4.69) is 0 Å². The Labute approximate surface area is 133 Å².